The fourth-order valence-electron chi connectivity index (χ4n) is 1.50. The number of rotatable bonds is 1. The Balaban J connectivity index is 2.52. The van der Waals surface area contributed by atoms with Crippen LogP contribution in [0.15, 0.2) is 4.79 Å². The quantitative estimate of drug-likeness (QED) is 0.712. The number of thioether (sulfide) groups is 1. The zero-order valence-corrected chi connectivity index (χ0v) is 8.86. The minimum Gasteiger partial charge on any atom is -0.322 e. The van der Waals surface area contributed by atoms with Crippen molar-refractivity contribution in [3.63, 3.8) is 0 Å². The lowest BCUT2D eigenvalue weighted by Crippen LogP contribution is -2.25. The van der Waals surface area contributed by atoms with Crippen molar-refractivity contribution in [3.05, 3.63) is 27.4 Å². The van der Waals surface area contributed by atoms with Gasteiger partial charge < -0.3 is 10.7 Å². The minimum atomic E-state index is -0.208. The molecule has 1 aliphatic rings. The average molecular weight is 211 g/mol. The second kappa shape index (κ2) is 3.74. The second-order valence-corrected chi connectivity index (χ2v) is 4.57. The van der Waals surface area contributed by atoms with Crippen molar-refractivity contribution in [1.29, 1.82) is 0 Å². The van der Waals surface area contributed by atoms with E-state index in [-0.39, 0.29) is 11.6 Å². The molecule has 0 amide bonds. The summed E-state index contributed by atoms with van der Waals surface area (Å²) in [6, 6.07) is -0.208. The zero-order chi connectivity index (χ0) is 10.1. The Morgan fingerprint density at radius 2 is 2.43 bits per heavy atom. The number of aromatic amines is 1. The molecule has 1 aromatic heterocycles. The molecule has 0 radical (unpaired) electrons. The van der Waals surface area contributed by atoms with Crippen molar-refractivity contribution in [3.8, 4) is 0 Å². The van der Waals surface area contributed by atoms with Crippen molar-refractivity contribution in [1.82, 2.24) is 9.97 Å². The van der Waals surface area contributed by atoms with Crippen LogP contribution in [-0.4, -0.2) is 15.7 Å². The van der Waals surface area contributed by atoms with Crippen molar-refractivity contribution in [2.45, 2.75) is 25.1 Å². The van der Waals surface area contributed by atoms with Crippen LogP contribution in [0.25, 0.3) is 0 Å². The third-order valence-electron chi connectivity index (χ3n) is 2.29. The van der Waals surface area contributed by atoms with E-state index in [1.165, 1.54) is 0 Å². The summed E-state index contributed by atoms with van der Waals surface area (Å²) in [5.74, 6) is 2.44. The molecule has 1 unspecified atom stereocenters. The van der Waals surface area contributed by atoms with Gasteiger partial charge in [0, 0.05) is 11.3 Å². The van der Waals surface area contributed by atoms with Gasteiger partial charge in [-0.25, -0.2) is 4.98 Å². The molecule has 0 fully saturated rings. The lowest BCUT2D eigenvalue weighted by atomic mass is 10.1. The van der Waals surface area contributed by atoms with Gasteiger partial charge in [0.1, 0.15) is 5.82 Å². The fourth-order valence-corrected chi connectivity index (χ4v) is 2.42. The number of aromatic nitrogens is 2. The summed E-state index contributed by atoms with van der Waals surface area (Å²) in [5.41, 5.74) is 7.42. The molecule has 0 bridgehead atoms. The first-order valence-electron chi connectivity index (χ1n) is 4.64. The highest BCUT2D eigenvalue weighted by molar-refractivity contribution is 7.98. The average Bonchev–Trinajstić information content (AvgIpc) is 2.17. The van der Waals surface area contributed by atoms with Crippen LogP contribution in [0, 0.1) is 0 Å². The first-order chi connectivity index (χ1) is 6.68. The molecule has 0 saturated heterocycles. The first kappa shape index (κ1) is 9.73. The second-order valence-electron chi connectivity index (χ2n) is 3.47. The van der Waals surface area contributed by atoms with Crippen LogP contribution in [0.2, 0.25) is 0 Å². The third kappa shape index (κ3) is 1.69. The highest BCUT2D eigenvalue weighted by Crippen LogP contribution is 2.20. The smallest absolute Gasteiger partial charge is 0.254 e. The van der Waals surface area contributed by atoms with Gasteiger partial charge in [0.2, 0.25) is 0 Å². The molecule has 0 aliphatic carbocycles. The Kier molecular flexibility index (Phi) is 2.60. The molecule has 14 heavy (non-hydrogen) atoms. The molecule has 2 heterocycles. The summed E-state index contributed by atoms with van der Waals surface area (Å²) >= 11 is 1.81. The first-order valence-corrected chi connectivity index (χ1v) is 5.79. The van der Waals surface area contributed by atoms with E-state index in [0.29, 0.717) is 5.82 Å². The van der Waals surface area contributed by atoms with Crippen LogP contribution in [0.1, 0.15) is 30.0 Å². The SMILES string of the molecule is CC(N)c1nc2c(c(=O)[nH]1)CCSC2. The Morgan fingerprint density at radius 3 is 3.14 bits per heavy atom. The summed E-state index contributed by atoms with van der Waals surface area (Å²) in [4.78, 5) is 18.7. The molecule has 3 N–H and O–H groups in total. The number of nitrogens with zero attached hydrogens (tertiary/aromatic N) is 1. The summed E-state index contributed by atoms with van der Waals surface area (Å²) in [6.45, 7) is 1.82. The van der Waals surface area contributed by atoms with Crippen molar-refractivity contribution < 1.29 is 0 Å². The molecule has 0 saturated carbocycles. The minimum absolute atomic E-state index is 0.0115. The summed E-state index contributed by atoms with van der Waals surface area (Å²) in [5, 5.41) is 0. The van der Waals surface area contributed by atoms with E-state index >= 15 is 0 Å². The standard InChI is InChI=1S/C9H13N3OS/c1-5(10)8-11-7-4-14-3-2-6(7)9(13)12-8/h5H,2-4,10H2,1H3,(H,11,12,13). The highest BCUT2D eigenvalue weighted by atomic mass is 32.2. The summed E-state index contributed by atoms with van der Waals surface area (Å²) < 4.78 is 0. The van der Waals surface area contributed by atoms with E-state index < -0.39 is 0 Å². The molecular weight excluding hydrogens is 198 g/mol. The Bertz CT molecular complexity index is 400. The van der Waals surface area contributed by atoms with Gasteiger partial charge in [0.15, 0.2) is 0 Å². The van der Waals surface area contributed by atoms with Gasteiger partial charge in [-0.15, -0.1) is 0 Å². The fraction of sp³-hybridized carbons (Fsp3) is 0.556. The van der Waals surface area contributed by atoms with Crippen LogP contribution < -0.4 is 11.3 Å². The van der Waals surface area contributed by atoms with E-state index in [0.717, 1.165) is 29.2 Å². The van der Waals surface area contributed by atoms with Crippen LogP contribution in [0.5, 0.6) is 0 Å². The van der Waals surface area contributed by atoms with Crippen molar-refractivity contribution in [2.75, 3.05) is 5.75 Å². The van der Waals surface area contributed by atoms with Crippen molar-refractivity contribution >= 4 is 11.8 Å². The Labute approximate surface area is 86.3 Å². The topological polar surface area (TPSA) is 71.8 Å². The van der Waals surface area contributed by atoms with Gasteiger partial charge in [-0.2, -0.15) is 11.8 Å². The van der Waals surface area contributed by atoms with E-state index in [9.17, 15) is 4.79 Å². The van der Waals surface area contributed by atoms with Gasteiger partial charge in [-0.05, 0) is 19.1 Å². The van der Waals surface area contributed by atoms with Gasteiger partial charge >= 0.3 is 0 Å². The van der Waals surface area contributed by atoms with Crippen LogP contribution in [0.4, 0.5) is 0 Å². The maximum Gasteiger partial charge on any atom is 0.254 e. The van der Waals surface area contributed by atoms with Gasteiger partial charge in [0.05, 0.1) is 11.7 Å². The molecule has 1 aliphatic heterocycles. The molecule has 0 aromatic carbocycles. The molecular formula is C9H13N3OS. The molecule has 2 rings (SSSR count). The Hall–Kier alpha value is -0.810. The number of nitrogens with two attached hydrogens (primary N) is 1. The van der Waals surface area contributed by atoms with E-state index in [4.69, 9.17) is 5.73 Å². The van der Waals surface area contributed by atoms with E-state index in [2.05, 4.69) is 9.97 Å². The summed E-state index contributed by atoms with van der Waals surface area (Å²) in [7, 11) is 0. The largest absolute Gasteiger partial charge is 0.322 e. The lowest BCUT2D eigenvalue weighted by molar-refractivity contribution is 0.716. The summed E-state index contributed by atoms with van der Waals surface area (Å²) in [6.07, 6.45) is 0.821. The number of nitrogens with one attached hydrogen (secondary N) is 1. The lowest BCUT2D eigenvalue weighted by Gasteiger charge is -2.15. The van der Waals surface area contributed by atoms with E-state index in [1.54, 1.807) is 0 Å². The zero-order valence-electron chi connectivity index (χ0n) is 8.04. The molecule has 1 atom stereocenters. The molecule has 1 aromatic rings. The monoisotopic (exact) mass is 211 g/mol. The van der Waals surface area contributed by atoms with Crippen molar-refractivity contribution in [2.24, 2.45) is 5.73 Å². The van der Waals surface area contributed by atoms with Gasteiger partial charge in [-0.3, -0.25) is 4.79 Å². The maximum atomic E-state index is 11.6. The van der Waals surface area contributed by atoms with Crippen LogP contribution in [-0.2, 0) is 12.2 Å². The predicted octanol–water partition coefficient (Wildman–Crippen LogP) is 0.579. The van der Waals surface area contributed by atoms with Gasteiger partial charge in [0.25, 0.3) is 5.56 Å². The van der Waals surface area contributed by atoms with Gasteiger partial charge in [-0.1, -0.05) is 0 Å². The maximum absolute atomic E-state index is 11.6. The predicted molar refractivity (Wildman–Crippen MR) is 57.3 cm³/mol. The molecule has 0 spiro atoms. The van der Waals surface area contributed by atoms with E-state index in [1.807, 2.05) is 18.7 Å². The molecule has 4 nitrogen and oxygen atoms in total. The Morgan fingerprint density at radius 1 is 1.64 bits per heavy atom. The third-order valence-corrected chi connectivity index (χ3v) is 3.26. The molecule has 76 valence electrons. The molecule has 5 heteroatoms. The number of H-pyrrole nitrogens is 1. The normalized spacial score (nSPS) is 17.6. The number of hydrogen-bond donors (Lipinski definition) is 2. The highest BCUT2D eigenvalue weighted by Gasteiger charge is 2.16. The number of fused-ring (bicyclic) bond motifs is 1. The van der Waals surface area contributed by atoms with Crippen LogP contribution >= 0.6 is 11.8 Å². The number of hydrogen-bond acceptors (Lipinski definition) is 4. The van der Waals surface area contributed by atoms with Crippen LogP contribution in [0.3, 0.4) is 0 Å².